The molecule has 24 heavy (non-hydrogen) atoms. The van der Waals surface area contributed by atoms with E-state index in [1.807, 2.05) is 0 Å². The minimum Gasteiger partial charge on any atom is -0.354 e. The standard InChI is InChI=1S/C17H23F2N3O2/c1-2-22-9-3-4-13(22)11-21-16(23)7-8-20-17(24)14-6-5-12(18)10-15(14)19/h5-6,10,13H,2-4,7-9,11H2,1H3,(H,20,24)(H,21,23). The summed E-state index contributed by atoms with van der Waals surface area (Å²) < 4.78 is 26.3. The van der Waals surface area contributed by atoms with Crippen molar-refractivity contribution in [3.63, 3.8) is 0 Å². The molecule has 1 heterocycles. The highest BCUT2D eigenvalue weighted by molar-refractivity contribution is 5.94. The molecule has 0 bridgehead atoms. The van der Waals surface area contributed by atoms with Gasteiger partial charge in [-0.25, -0.2) is 8.78 Å². The Hall–Kier alpha value is -2.02. The molecule has 1 fully saturated rings. The van der Waals surface area contributed by atoms with Gasteiger partial charge in [0.1, 0.15) is 11.6 Å². The van der Waals surface area contributed by atoms with Gasteiger partial charge in [0.25, 0.3) is 5.91 Å². The largest absolute Gasteiger partial charge is 0.354 e. The van der Waals surface area contributed by atoms with Crippen LogP contribution in [0.4, 0.5) is 8.78 Å². The maximum atomic E-state index is 13.5. The van der Waals surface area contributed by atoms with E-state index in [0.29, 0.717) is 18.7 Å². The second kappa shape index (κ2) is 8.73. The molecule has 1 saturated heterocycles. The number of benzene rings is 1. The molecule has 2 rings (SSSR count). The Kier molecular flexibility index (Phi) is 6.66. The van der Waals surface area contributed by atoms with Crippen molar-refractivity contribution in [3.05, 3.63) is 35.4 Å². The van der Waals surface area contributed by atoms with Gasteiger partial charge in [0.2, 0.25) is 5.91 Å². The van der Waals surface area contributed by atoms with E-state index in [-0.39, 0.29) is 24.4 Å². The highest BCUT2D eigenvalue weighted by Crippen LogP contribution is 2.15. The zero-order valence-corrected chi connectivity index (χ0v) is 13.8. The maximum absolute atomic E-state index is 13.5. The number of rotatable bonds is 7. The molecule has 1 aliphatic rings. The van der Waals surface area contributed by atoms with E-state index in [2.05, 4.69) is 22.5 Å². The van der Waals surface area contributed by atoms with Gasteiger partial charge in [-0.2, -0.15) is 0 Å². The number of nitrogens with zero attached hydrogens (tertiary/aromatic N) is 1. The van der Waals surface area contributed by atoms with Gasteiger partial charge in [0.05, 0.1) is 5.56 Å². The molecule has 1 aromatic rings. The van der Waals surface area contributed by atoms with Gasteiger partial charge in [-0.3, -0.25) is 14.5 Å². The number of halogens is 2. The molecule has 0 radical (unpaired) electrons. The molecule has 0 spiro atoms. The Labute approximate surface area is 140 Å². The number of hydrogen-bond donors (Lipinski definition) is 2. The van der Waals surface area contributed by atoms with Gasteiger partial charge < -0.3 is 10.6 Å². The van der Waals surface area contributed by atoms with E-state index in [1.54, 1.807) is 0 Å². The van der Waals surface area contributed by atoms with Crippen molar-refractivity contribution in [1.82, 2.24) is 15.5 Å². The molecule has 7 heteroatoms. The molecule has 1 aromatic carbocycles. The number of amides is 2. The molecule has 0 saturated carbocycles. The average Bonchev–Trinajstić information content (AvgIpc) is 3.00. The zero-order chi connectivity index (χ0) is 17.5. The Morgan fingerprint density at radius 1 is 1.29 bits per heavy atom. The lowest BCUT2D eigenvalue weighted by molar-refractivity contribution is -0.121. The predicted octanol–water partition coefficient (Wildman–Crippen LogP) is 1.69. The topological polar surface area (TPSA) is 61.4 Å². The summed E-state index contributed by atoms with van der Waals surface area (Å²) in [4.78, 5) is 25.9. The van der Waals surface area contributed by atoms with Crippen LogP contribution in [-0.4, -0.2) is 48.9 Å². The highest BCUT2D eigenvalue weighted by atomic mass is 19.1. The average molecular weight is 339 g/mol. The van der Waals surface area contributed by atoms with E-state index < -0.39 is 17.5 Å². The lowest BCUT2D eigenvalue weighted by Crippen LogP contribution is -2.40. The predicted molar refractivity (Wildman–Crippen MR) is 86.6 cm³/mol. The minimum atomic E-state index is -0.919. The number of likely N-dealkylation sites (N-methyl/N-ethyl adjacent to an activating group) is 1. The molecule has 2 N–H and O–H groups in total. The summed E-state index contributed by atoms with van der Waals surface area (Å²) in [6.45, 7) is 4.84. The van der Waals surface area contributed by atoms with Gasteiger partial charge in [0.15, 0.2) is 0 Å². The number of carbonyl (C=O) groups excluding carboxylic acids is 2. The summed E-state index contributed by atoms with van der Waals surface area (Å²) in [5.41, 5.74) is -0.235. The quantitative estimate of drug-likeness (QED) is 0.795. The highest BCUT2D eigenvalue weighted by Gasteiger charge is 2.23. The first-order valence-corrected chi connectivity index (χ1v) is 8.25. The fourth-order valence-electron chi connectivity index (χ4n) is 2.92. The molecule has 2 amide bonds. The number of carbonyl (C=O) groups is 2. The fourth-order valence-corrected chi connectivity index (χ4v) is 2.92. The molecular formula is C17H23F2N3O2. The Balaban J connectivity index is 1.69. The molecule has 0 aliphatic carbocycles. The monoisotopic (exact) mass is 339 g/mol. The lowest BCUT2D eigenvalue weighted by Gasteiger charge is -2.22. The summed E-state index contributed by atoms with van der Waals surface area (Å²) >= 11 is 0. The third kappa shape index (κ3) is 4.99. The van der Waals surface area contributed by atoms with Gasteiger partial charge in [-0.1, -0.05) is 6.92 Å². The first-order chi connectivity index (χ1) is 11.5. The smallest absolute Gasteiger partial charge is 0.254 e. The van der Waals surface area contributed by atoms with Crippen molar-refractivity contribution in [2.24, 2.45) is 0 Å². The third-order valence-corrected chi connectivity index (χ3v) is 4.25. The Bertz CT molecular complexity index is 595. The zero-order valence-electron chi connectivity index (χ0n) is 13.8. The number of hydrogen-bond acceptors (Lipinski definition) is 3. The minimum absolute atomic E-state index is 0.101. The molecule has 1 aliphatic heterocycles. The van der Waals surface area contributed by atoms with E-state index in [0.717, 1.165) is 38.1 Å². The Morgan fingerprint density at radius 3 is 2.79 bits per heavy atom. The van der Waals surface area contributed by atoms with Crippen LogP contribution in [-0.2, 0) is 4.79 Å². The number of nitrogens with one attached hydrogen (secondary N) is 2. The summed E-state index contributed by atoms with van der Waals surface area (Å²) in [6, 6.07) is 3.13. The first kappa shape index (κ1) is 18.3. The van der Waals surface area contributed by atoms with Crippen LogP contribution in [0.5, 0.6) is 0 Å². The van der Waals surface area contributed by atoms with Crippen molar-refractivity contribution in [2.45, 2.75) is 32.2 Å². The van der Waals surface area contributed by atoms with Crippen LogP contribution in [0.3, 0.4) is 0 Å². The van der Waals surface area contributed by atoms with Crippen LogP contribution < -0.4 is 10.6 Å². The van der Waals surface area contributed by atoms with Crippen molar-refractivity contribution in [3.8, 4) is 0 Å². The fraction of sp³-hybridized carbons (Fsp3) is 0.529. The van der Waals surface area contributed by atoms with Crippen LogP contribution in [0.1, 0.15) is 36.5 Å². The molecule has 5 nitrogen and oxygen atoms in total. The second-order valence-corrected chi connectivity index (χ2v) is 5.86. The van der Waals surface area contributed by atoms with Crippen molar-refractivity contribution < 1.29 is 18.4 Å². The van der Waals surface area contributed by atoms with Crippen LogP contribution in [0.25, 0.3) is 0 Å². The van der Waals surface area contributed by atoms with Crippen molar-refractivity contribution >= 4 is 11.8 Å². The van der Waals surface area contributed by atoms with Crippen molar-refractivity contribution in [2.75, 3.05) is 26.2 Å². The molecule has 1 atom stereocenters. The van der Waals surface area contributed by atoms with E-state index in [1.165, 1.54) is 0 Å². The molecule has 132 valence electrons. The van der Waals surface area contributed by atoms with Crippen LogP contribution in [0.2, 0.25) is 0 Å². The van der Waals surface area contributed by atoms with Gasteiger partial charge in [0, 0.05) is 31.6 Å². The lowest BCUT2D eigenvalue weighted by atomic mass is 10.2. The van der Waals surface area contributed by atoms with Crippen molar-refractivity contribution in [1.29, 1.82) is 0 Å². The van der Waals surface area contributed by atoms with Crippen LogP contribution in [0, 0.1) is 11.6 Å². The normalized spacial score (nSPS) is 17.7. The van der Waals surface area contributed by atoms with Crippen LogP contribution in [0.15, 0.2) is 18.2 Å². The SMILES string of the molecule is CCN1CCCC1CNC(=O)CCNC(=O)c1ccc(F)cc1F. The maximum Gasteiger partial charge on any atom is 0.254 e. The first-order valence-electron chi connectivity index (χ1n) is 8.25. The summed E-state index contributed by atoms with van der Waals surface area (Å²) in [5, 5.41) is 5.33. The summed E-state index contributed by atoms with van der Waals surface area (Å²) in [7, 11) is 0. The molecular weight excluding hydrogens is 316 g/mol. The van der Waals surface area contributed by atoms with Crippen LogP contribution >= 0.6 is 0 Å². The molecule has 1 unspecified atom stereocenters. The van der Waals surface area contributed by atoms with E-state index >= 15 is 0 Å². The van der Waals surface area contributed by atoms with Gasteiger partial charge >= 0.3 is 0 Å². The second-order valence-electron chi connectivity index (χ2n) is 5.86. The van der Waals surface area contributed by atoms with Gasteiger partial charge in [-0.15, -0.1) is 0 Å². The summed E-state index contributed by atoms with van der Waals surface area (Å²) in [5.74, 6) is -2.47. The van der Waals surface area contributed by atoms with Gasteiger partial charge in [-0.05, 0) is 38.1 Å². The third-order valence-electron chi connectivity index (χ3n) is 4.25. The summed E-state index contributed by atoms with van der Waals surface area (Å²) in [6.07, 6.45) is 2.34. The number of likely N-dealkylation sites (tertiary alicyclic amines) is 1. The van der Waals surface area contributed by atoms with E-state index in [9.17, 15) is 18.4 Å². The van der Waals surface area contributed by atoms with E-state index in [4.69, 9.17) is 0 Å². The Morgan fingerprint density at radius 2 is 2.08 bits per heavy atom. The molecule has 0 aromatic heterocycles.